The van der Waals surface area contributed by atoms with Crippen molar-refractivity contribution in [3.63, 3.8) is 0 Å². The Hall–Kier alpha value is -0.120. The molecule has 17 heavy (non-hydrogen) atoms. The molecule has 3 nitrogen and oxygen atoms in total. The van der Waals surface area contributed by atoms with Gasteiger partial charge in [0.2, 0.25) is 0 Å². The summed E-state index contributed by atoms with van der Waals surface area (Å²) in [6.45, 7) is 1.75. The van der Waals surface area contributed by atoms with E-state index >= 15 is 0 Å². The third-order valence-electron chi connectivity index (χ3n) is 4.58. The molecule has 0 amide bonds. The van der Waals surface area contributed by atoms with Crippen LogP contribution < -0.4 is 5.32 Å². The molecule has 100 valence electrons. The highest BCUT2D eigenvalue weighted by Crippen LogP contribution is 2.41. The summed E-state index contributed by atoms with van der Waals surface area (Å²) < 4.78 is 11.5. The monoisotopic (exact) mass is 241 g/mol. The van der Waals surface area contributed by atoms with Gasteiger partial charge < -0.3 is 14.8 Å². The molecule has 1 aliphatic heterocycles. The Bertz CT molecular complexity index is 221. The molecule has 2 unspecified atom stereocenters. The molecule has 1 heterocycles. The first-order valence-electron chi connectivity index (χ1n) is 7.10. The Labute approximate surface area is 105 Å². The molecule has 1 saturated carbocycles. The molecule has 1 N–H and O–H groups in total. The van der Waals surface area contributed by atoms with Gasteiger partial charge in [0.25, 0.3) is 0 Å². The van der Waals surface area contributed by atoms with E-state index in [1.807, 2.05) is 7.05 Å². The lowest BCUT2D eigenvalue weighted by Gasteiger charge is -2.45. The Morgan fingerprint density at radius 2 is 2.12 bits per heavy atom. The summed E-state index contributed by atoms with van der Waals surface area (Å²) in [5.41, 5.74) is 0.212. The molecule has 2 atom stereocenters. The minimum Gasteiger partial charge on any atom is -0.383 e. The third kappa shape index (κ3) is 3.21. The van der Waals surface area contributed by atoms with Crippen LogP contribution in [0.3, 0.4) is 0 Å². The van der Waals surface area contributed by atoms with Crippen LogP contribution in [-0.4, -0.2) is 39.0 Å². The van der Waals surface area contributed by atoms with Crippen molar-refractivity contribution in [3.8, 4) is 0 Å². The Balaban J connectivity index is 1.95. The number of hydrogen-bond acceptors (Lipinski definition) is 3. The summed E-state index contributed by atoms with van der Waals surface area (Å²) in [5.74, 6) is 0.715. The maximum atomic E-state index is 6.14. The van der Waals surface area contributed by atoms with E-state index in [4.69, 9.17) is 9.47 Å². The molecule has 1 spiro atoms. The highest BCUT2D eigenvalue weighted by molar-refractivity contribution is 4.92. The number of rotatable bonds is 4. The number of nitrogens with one attached hydrogen (secondary N) is 1. The molecular weight excluding hydrogens is 214 g/mol. The van der Waals surface area contributed by atoms with Crippen molar-refractivity contribution in [1.82, 2.24) is 5.32 Å². The highest BCUT2D eigenvalue weighted by Gasteiger charge is 2.40. The maximum Gasteiger partial charge on any atom is 0.0685 e. The van der Waals surface area contributed by atoms with E-state index in [2.05, 4.69) is 5.32 Å². The van der Waals surface area contributed by atoms with Gasteiger partial charge in [-0.25, -0.2) is 0 Å². The van der Waals surface area contributed by atoms with Gasteiger partial charge in [0, 0.05) is 19.8 Å². The number of ether oxygens (including phenoxy) is 2. The molecule has 0 aromatic rings. The molecule has 3 heteroatoms. The third-order valence-corrected chi connectivity index (χ3v) is 4.58. The predicted molar refractivity (Wildman–Crippen MR) is 69.2 cm³/mol. The van der Waals surface area contributed by atoms with Crippen LogP contribution >= 0.6 is 0 Å². The van der Waals surface area contributed by atoms with Gasteiger partial charge in [-0.2, -0.15) is 0 Å². The molecule has 0 bridgehead atoms. The quantitative estimate of drug-likeness (QED) is 0.819. The van der Waals surface area contributed by atoms with Crippen molar-refractivity contribution in [2.45, 2.75) is 56.6 Å². The first-order chi connectivity index (χ1) is 8.29. The number of methoxy groups -OCH3 is 1. The summed E-state index contributed by atoms with van der Waals surface area (Å²) in [4.78, 5) is 0. The molecule has 0 radical (unpaired) electrons. The summed E-state index contributed by atoms with van der Waals surface area (Å²) >= 11 is 0. The second-order valence-corrected chi connectivity index (χ2v) is 5.70. The highest BCUT2D eigenvalue weighted by atomic mass is 16.5. The summed E-state index contributed by atoms with van der Waals surface area (Å²) in [7, 11) is 3.84. The first kappa shape index (κ1) is 13.3. The summed E-state index contributed by atoms with van der Waals surface area (Å²) in [5, 5.41) is 3.41. The SMILES string of the molecule is CNC(COC)C1CCOC2(CCCCC2)C1. The van der Waals surface area contributed by atoms with E-state index in [9.17, 15) is 0 Å². The minimum absolute atomic E-state index is 0.212. The Morgan fingerprint density at radius 1 is 1.35 bits per heavy atom. The van der Waals surface area contributed by atoms with Crippen LogP contribution in [0.25, 0.3) is 0 Å². The van der Waals surface area contributed by atoms with Gasteiger partial charge in [-0.05, 0) is 38.6 Å². The van der Waals surface area contributed by atoms with Gasteiger partial charge in [0.1, 0.15) is 0 Å². The fourth-order valence-corrected chi connectivity index (χ4v) is 3.59. The lowest BCUT2D eigenvalue weighted by atomic mass is 9.74. The van der Waals surface area contributed by atoms with Gasteiger partial charge in [0.05, 0.1) is 12.2 Å². The van der Waals surface area contributed by atoms with Crippen molar-refractivity contribution in [2.24, 2.45) is 5.92 Å². The number of hydrogen-bond donors (Lipinski definition) is 1. The maximum absolute atomic E-state index is 6.14. The lowest BCUT2D eigenvalue weighted by Crippen LogP contribution is -2.48. The molecule has 0 aromatic carbocycles. The van der Waals surface area contributed by atoms with Crippen molar-refractivity contribution in [1.29, 1.82) is 0 Å². The van der Waals surface area contributed by atoms with E-state index < -0.39 is 0 Å². The van der Waals surface area contributed by atoms with Crippen LogP contribution in [0.4, 0.5) is 0 Å². The van der Waals surface area contributed by atoms with E-state index in [0.29, 0.717) is 12.0 Å². The molecule has 2 fully saturated rings. The van der Waals surface area contributed by atoms with Crippen molar-refractivity contribution >= 4 is 0 Å². The van der Waals surface area contributed by atoms with Gasteiger partial charge in [-0.3, -0.25) is 0 Å². The lowest BCUT2D eigenvalue weighted by molar-refractivity contribution is -0.123. The molecule has 1 aliphatic carbocycles. The van der Waals surface area contributed by atoms with E-state index in [-0.39, 0.29) is 5.60 Å². The van der Waals surface area contributed by atoms with Gasteiger partial charge in [0.15, 0.2) is 0 Å². The van der Waals surface area contributed by atoms with Crippen LogP contribution in [0.15, 0.2) is 0 Å². The van der Waals surface area contributed by atoms with E-state index in [1.54, 1.807) is 7.11 Å². The van der Waals surface area contributed by atoms with Crippen LogP contribution in [0.2, 0.25) is 0 Å². The van der Waals surface area contributed by atoms with Crippen molar-refractivity contribution in [2.75, 3.05) is 27.4 Å². The summed E-state index contributed by atoms with van der Waals surface area (Å²) in [6, 6.07) is 0.489. The predicted octanol–water partition coefficient (Wildman–Crippen LogP) is 2.35. The van der Waals surface area contributed by atoms with Crippen LogP contribution in [0, 0.1) is 5.92 Å². The van der Waals surface area contributed by atoms with Crippen molar-refractivity contribution in [3.05, 3.63) is 0 Å². The molecule has 0 aromatic heterocycles. The summed E-state index contributed by atoms with van der Waals surface area (Å²) in [6.07, 6.45) is 9.03. The standard InChI is InChI=1S/C14H27NO2/c1-15-13(11-16-2)12-6-9-17-14(10-12)7-4-3-5-8-14/h12-13,15H,3-11H2,1-2H3. The average Bonchev–Trinajstić information content (AvgIpc) is 2.37. The zero-order valence-corrected chi connectivity index (χ0v) is 11.3. The second-order valence-electron chi connectivity index (χ2n) is 5.70. The van der Waals surface area contributed by atoms with Gasteiger partial charge in [-0.15, -0.1) is 0 Å². The van der Waals surface area contributed by atoms with Gasteiger partial charge in [-0.1, -0.05) is 19.3 Å². The largest absolute Gasteiger partial charge is 0.383 e. The zero-order valence-electron chi connectivity index (χ0n) is 11.3. The fourth-order valence-electron chi connectivity index (χ4n) is 3.59. The Kier molecular flexibility index (Phi) is 4.83. The smallest absolute Gasteiger partial charge is 0.0685 e. The van der Waals surface area contributed by atoms with Crippen LogP contribution in [0.5, 0.6) is 0 Å². The topological polar surface area (TPSA) is 30.5 Å². The normalized spacial score (nSPS) is 30.4. The molecular formula is C14H27NO2. The molecule has 2 rings (SSSR count). The Morgan fingerprint density at radius 3 is 2.76 bits per heavy atom. The second kappa shape index (κ2) is 6.17. The minimum atomic E-state index is 0.212. The number of likely N-dealkylation sites (N-methyl/N-ethyl adjacent to an activating group) is 1. The average molecular weight is 241 g/mol. The van der Waals surface area contributed by atoms with Crippen LogP contribution in [0.1, 0.15) is 44.9 Å². The molecule has 1 saturated heterocycles. The first-order valence-corrected chi connectivity index (χ1v) is 7.10. The zero-order chi connectivity index (χ0) is 12.1. The molecule has 2 aliphatic rings. The van der Waals surface area contributed by atoms with Crippen molar-refractivity contribution < 1.29 is 9.47 Å². The fraction of sp³-hybridized carbons (Fsp3) is 1.00. The van der Waals surface area contributed by atoms with E-state index in [1.165, 1.54) is 44.9 Å². The van der Waals surface area contributed by atoms with Gasteiger partial charge >= 0.3 is 0 Å². The van der Waals surface area contributed by atoms with Crippen LogP contribution in [-0.2, 0) is 9.47 Å². The van der Waals surface area contributed by atoms with E-state index in [0.717, 1.165) is 13.2 Å².